The van der Waals surface area contributed by atoms with Gasteiger partial charge < -0.3 is 4.74 Å². The van der Waals surface area contributed by atoms with Crippen LogP contribution in [0.5, 0.6) is 0 Å². The number of pyridine rings is 1. The smallest absolute Gasteiger partial charge is 0.310 e. The summed E-state index contributed by atoms with van der Waals surface area (Å²) in [6.07, 6.45) is 1.46. The molecule has 0 saturated carbocycles. The van der Waals surface area contributed by atoms with Crippen molar-refractivity contribution in [2.75, 3.05) is 7.11 Å². The van der Waals surface area contributed by atoms with Crippen LogP contribution in [-0.2, 0) is 16.0 Å². The van der Waals surface area contributed by atoms with E-state index in [0.717, 1.165) is 0 Å². The quantitative estimate of drug-likeness (QED) is 0.590. The number of hydrogen-bond acceptors (Lipinski definition) is 3. The Bertz CT molecular complexity index is 330. The number of ether oxygens (including phenoxy) is 1. The first kappa shape index (κ1) is 10.1. The predicted molar refractivity (Wildman–Crippen MR) is 47.6 cm³/mol. The molecule has 0 saturated heterocycles. The van der Waals surface area contributed by atoms with E-state index in [1.165, 1.54) is 19.4 Å². The number of esters is 1. The standard InChI is InChI=1S/C8H7BrFNO2/c1-13-7(12)3-5-2-6(10)8(9)11-4-5/h2,4H,3H2,1H3. The minimum Gasteiger partial charge on any atom is -0.469 e. The van der Waals surface area contributed by atoms with Gasteiger partial charge >= 0.3 is 5.97 Å². The summed E-state index contributed by atoms with van der Waals surface area (Å²) in [7, 11) is 1.28. The molecule has 0 fully saturated rings. The lowest BCUT2D eigenvalue weighted by Gasteiger charge is -2.00. The largest absolute Gasteiger partial charge is 0.469 e. The van der Waals surface area contributed by atoms with Gasteiger partial charge in [0.2, 0.25) is 0 Å². The van der Waals surface area contributed by atoms with Gasteiger partial charge in [-0.2, -0.15) is 0 Å². The normalized spacial score (nSPS) is 9.77. The Morgan fingerprint density at radius 2 is 2.46 bits per heavy atom. The maximum absolute atomic E-state index is 12.9. The third-order valence-corrected chi connectivity index (χ3v) is 2.01. The van der Waals surface area contributed by atoms with E-state index in [1.807, 2.05) is 0 Å². The third kappa shape index (κ3) is 2.77. The molecule has 0 radical (unpaired) electrons. The van der Waals surface area contributed by atoms with Crippen LogP contribution >= 0.6 is 15.9 Å². The second-order valence-corrected chi connectivity index (χ2v) is 3.12. The van der Waals surface area contributed by atoms with E-state index >= 15 is 0 Å². The molecule has 0 aromatic carbocycles. The minimum atomic E-state index is -0.485. The molecular weight excluding hydrogens is 241 g/mol. The van der Waals surface area contributed by atoms with Crippen molar-refractivity contribution in [3.05, 3.63) is 28.2 Å². The first-order valence-electron chi connectivity index (χ1n) is 3.50. The molecule has 0 N–H and O–H groups in total. The van der Waals surface area contributed by atoms with Crippen molar-refractivity contribution in [3.63, 3.8) is 0 Å². The fraction of sp³-hybridized carbons (Fsp3) is 0.250. The SMILES string of the molecule is COC(=O)Cc1cnc(Br)c(F)c1. The topological polar surface area (TPSA) is 39.2 Å². The first-order chi connectivity index (χ1) is 6.13. The third-order valence-electron chi connectivity index (χ3n) is 1.43. The van der Waals surface area contributed by atoms with E-state index < -0.39 is 11.8 Å². The van der Waals surface area contributed by atoms with Gasteiger partial charge in [-0.25, -0.2) is 9.37 Å². The van der Waals surface area contributed by atoms with E-state index in [0.29, 0.717) is 5.56 Å². The summed E-state index contributed by atoms with van der Waals surface area (Å²) in [6, 6.07) is 1.24. The van der Waals surface area contributed by atoms with Gasteiger partial charge in [-0.15, -0.1) is 0 Å². The number of rotatable bonds is 2. The Hall–Kier alpha value is -0.970. The van der Waals surface area contributed by atoms with Crippen LogP contribution in [0.4, 0.5) is 4.39 Å². The zero-order chi connectivity index (χ0) is 9.84. The lowest BCUT2D eigenvalue weighted by molar-refractivity contribution is -0.139. The Morgan fingerprint density at radius 3 is 3.00 bits per heavy atom. The van der Waals surface area contributed by atoms with E-state index in [1.54, 1.807) is 0 Å². The Morgan fingerprint density at radius 1 is 1.77 bits per heavy atom. The molecule has 0 spiro atoms. The summed E-state index contributed by atoms with van der Waals surface area (Å²) in [6.45, 7) is 0. The molecule has 0 aliphatic rings. The minimum absolute atomic E-state index is 0.0354. The molecule has 0 aliphatic heterocycles. The molecule has 1 aromatic heterocycles. The maximum Gasteiger partial charge on any atom is 0.310 e. The van der Waals surface area contributed by atoms with Gasteiger partial charge in [0.15, 0.2) is 5.82 Å². The second kappa shape index (κ2) is 4.32. The van der Waals surface area contributed by atoms with E-state index in [-0.39, 0.29) is 11.0 Å². The predicted octanol–water partition coefficient (Wildman–Crippen LogP) is 1.70. The fourth-order valence-electron chi connectivity index (χ4n) is 0.796. The van der Waals surface area contributed by atoms with Crippen LogP contribution in [-0.4, -0.2) is 18.1 Å². The zero-order valence-electron chi connectivity index (χ0n) is 6.88. The molecule has 0 amide bonds. The number of methoxy groups -OCH3 is 1. The van der Waals surface area contributed by atoms with Crippen LogP contribution in [0.25, 0.3) is 0 Å². The second-order valence-electron chi connectivity index (χ2n) is 2.37. The number of aromatic nitrogens is 1. The van der Waals surface area contributed by atoms with Crippen LogP contribution in [0.2, 0.25) is 0 Å². The van der Waals surface area contributed by atoms with Crippen LogP contribution in [0.1, 0.15) is 5.56 Å². The van der Waals surface area contributed by atoms with Gasteiger partial charge in [0.25, 0.3) is 0 Å². The van der Waals surface area contributed by atoms with Crippen molar-refractivity contribution in [3.8, 4) is 0 Å². The Kier molecular flexibility index (Phi) is 3.36. The van der Waals surface area contributed by atoms with Crippen LogP contribution < -0.4 is 0 Å². The Labute approximate surface area is 83.1 Å². The molecule has 0 bridgehead atoms. The van der Waals surface area contributed by atoms with Crippen LogP contribution in [0, 0.1) is 5.82 Å². The summed E-state index contributed by atoms with van der Waals surface area (Å²) in [5, 5.41) is 0. The van der Waals surface area contributed by atoms with Gasteiger partial charge in [0.05, 0.1) is 13.5 Å². The average molecular weight is 248 g/mol. The summed E-state index contributed by atoms with van der Waals surface area (Å²) in [5.74, 6) is -0.898. The van der Waals surface area contributed by atoms with Crippen molar-refractivity contribution in [2.24, 2.45) is 0 Å². The fourth-order valence-corrected chi connectivity index (χ4v) is 1.01. The molecule has 1 aromatic rings. The highest BCUT2D eigenvalue weighted by Gasteiger charge is 2.06. The zero-order valence-corrected chi connectivity index (χ0v) is 8.47. The molecule has 13 heavy (non-hydrogen) atoms. The van der Waals surface area contributed by atoms with Gasteiger partial charge in [-0.3, -0.25) is 4.79 Å². The highest BCUT2D eigenvalue weighted by molar-refractivity contribution is 9.10. The van der Waals surface area contributed by atoms with Gasteiger partial charge in [-0.1, -0.05) is 0 Å². The highest BCUT2D eigenvalue weighted by atomic mass is 79.9. The molecule has 5 heteroatoms. The van der Waals surface area contributed by atoms with Crippen molar-refractivity contribution < 1.29 is 13.9 Å². The molecule has 70 valence electrons. The first-order valence-corrected chi connectivity index (χ1v) is 4.29. The number of carbonyl (C=O) groups is 1. The maximum atomic E-state index is 12.9. The molecule has 1 heterocycles. The number of hydrogen-bond donors (Lipinski definition) is 0. The highest BCUT2D eigenvalue weighted by Crippen LogP contribution is 2.13. The van der Waals surface area contributed by atoms with Crippen molar-refractivity contribution in [2.45, 2.75) is 6.42 Å². The lowest BCUT2D eigenvalue weighted by Crippen LogP contribution is -2.05. The molecular formula is C8H7BrFNO2. The summed E-state index contributed by atoms with van der Waals surface area (Å²) < 4.78 is 17.4. The van der Waals surface area contributed by atoms with Gasteiger partial charge in [-0.05, 0) is 27.6 Å². The van der Waals surface area contributed by atoms with Gasteiger partial charge in [0.1, 0.15) is 4.60 Å². The summed E-state index contributed by atoms with van der Waals surface area (Å²) in [4.78, 5) is 14.5. The van der Waals surface area contributed by atoms with E-state index in [4.69, 9.17) is 0 Å². The van der Waals surface area contributed by atoms with E-state index in [9.17, 15) is 9.18 Å². The summed E-state index contributed by atoms with van der Waals surface area (Å²) >= 11 is 2.91. The molecule has 3 nitrogen and oxygen atoms in total. The number of halogens is 2. The van der Waals surface area contributed by atoms with E-state index in [2.05, 4.69) is 25.7 Å². The Balaban J connectivity index is 2.79. The van der Waals surface area contributed by atoms with Crippen molar-refractivity contribution in [1.82, 2.24) is 4.98 Å². The molecule has 1 rings (SSSR count). The monoisotopic (exact) mass is 247 g/mol. The van der Waals surface area contributed by atoms with Crippen molar-refractivity contribution in [1.29, 1.82) is 0 Å². The summed E-state index contributed by atoms with van der Waals surface area (Å²) in [5.41, 5.74) is 0.493. The van der Waals surface area contributed by atoms with Gasteiger partial charge in [0, 0.05) is 6.20 Å². The van der Waals surface area contributed by atoms with Crippen LogP contribution in [0.3, 0.4) is 0 Å². The molecule has 0 unspecified atom stereocenters. The molecule has 0 atom stereocenters. The average Bonchev–Trinajstić information content (AvgIpc) is 2.11. The van der Waals surface area contributed by atoms with Crippen LogP contribution in [0.15, 0.2) is 16.9 Å². The lowest BCUT2D eigenvalue weighted by atomic mass is 10.2. The van der Waals surface area contributed by atoms with Crippen molar-refractivity contribution >= 4 is 21.9 Å². The number of nitrogens with zero attached hydrogens (tertiary/aromatic N) is 1. The molecule has 0 aliphatic carbocycles. The number of carbonyl (C=O) groups excluding carboxylic acids is 1.